The maximum absolute atomic E-state index is 8.94. The summed E-state index contributed by atoms with van der Waals surface area (Å²) in [4.78, 5) is 0. The van der Waals surface area contributed by atoms with E-state index in [0.717, 1.165) is 20.1 Å². The number of halogens is 2. The summed E-state index contributed by atoms with van der Waals surface area (Å²) >= 11 is 6.51. The lowest BCUT2D eigenvalue weighted by Gasteiger charge is -2.15. The minimum Gasteiger partial charge on any atom is -0.198 e. The molecule has 26 heavy (non-hydrogen) atoms. The van der Waals surface area contributed by atoms with Crippen LogP contribution in [-0.2, 0) is 11.8 Å². The second kappa shape index (κ2) is 9.74. The van der Waals surface area contributed by atoms with Gasteiger partial charge in [-0.05, 0) is 81.1 Å². The van der Waals surface area contributed by atoms with Gasteiger partial charge in [0.2, 0.25) is 0 Å². The molecule has 2 rings (SSSR count). The molecule has 0 aliphatic rings. The first-order chi connectivity index (χ1) is 12.3. The van der Waals surface area contributed by atoms with E-state index in [1.807, 2.05) is 38.1 Å². The third-order valence-corrected chi connectivity index (χ3v) is 4.91. The molecule has 0 N–H and O–H groups in total. The van der Waals surface area contributed by atoms with Gasteiger partial charge in [0.15, 0.2) is 0 Å². The van der Waals surface area contributed by atoms with Gasteiger partial charge in [0.05, 0.1) is 35.1 Å². The van der Waals surface area contributed by atoms with Crippen LogP contribution in [0.2, 0.25) is 0 Å². The summed E-state index contributed by atoms with van der Waals surface area (Å²) in [6.45, 7) is 3.66. The fourth-order valence-electron chi connectivity index (χ4n) is 1.92. The highest BCUT2D eigenvalue weighted by Crippen LogP contribution is 2.26. The maximum Gasteiger partial charge on any atom is 0.100 e. The molecule has 0 spiro atoms. The van der Waals surface area contributed by atoms with Crippen LogP contribution in [-0.4, -0.2) is 0 Å². The first-order valence-corrected chi connectivity index (χ1v) is 9.04. The molecule has 0 aromatic heterocycles. The minimum absolute atomic E-state index is 0.349. The van der Waals surface area contributed by atoms with Crippen LogP contribution >= 0.6 is 31.9 Å². The highest BCUT2D eigenvalue weighted by Gasteiger charge is 2.20. The molecule has 0 unspecified atom stereocenters. The topological polar surface area (TPSA) is 95.2 Å². The van der Waals surface area contributed by atoms with E-state index in [0.29, 0.717) is 17.5 Å². The molecule has 0 heterocycles. The number of hydrogen-bond donors (Lipinski definition) is 0. The summed E-state index contributed by atoms with van der Waals surface area (Å²) in [6, 6.07) is 19.1. The Bertz CT molecular complexity index is 967. The minimum atomic E-state index is -0.549. The van der Waals surface area contributed by atoms with E-state index in [2.05, 4.69) is 44.0 Å². The van der Waals surface area contributed by atoms with Crippen LogP contribution < -0.4 is 0 Å². The molecule has 0 saturated heterocycles. The van der Waals surface area contributed by atoms with Gasteiger partial charge in [-0.2, -0.15) is 21.0 Å². The van der Waals surface area contributed by atoms with Gasteiger partial charge in [-0.3, -0.25) is 0 Å². The van der Waals surface area contributed by atoms with Crippen LogP contribution in [0.25, 0.3) is 0 Å². The first kappa shape index (κ1) is 21.4. The number of rotatable bonds is 2. The molecule has 0 amide bonds. The van der Waals surface area contributed by atoms with Crippen LogP contribution in [0.5, 0.6) is 0 Å². The van der Waals surface area contributed by atoms with Crippen LogP contribution in [0, 0.1) is 45.3 Å². The van der Waals surface area contributed by atoms with E-state index in [1.165, 1.54) is 0 Å². The van der Waals surface area contributed by atoms with E-state index in [4.69, 9.17) is 21.0 Å². The molecule has 0 saturated carbocycles. The summed E-state index contributed by atoms with van der Waals surface area (Å²) in [7, 11) is 0. The van der Waals surface area contributed by atoms with Crippen molar-refractivity contribution in [2.45, 2.75) is 25.7 Å². The Labute approximate surface area is 170 Å². The number of nitrogens with zero attached hydrogens (tertiary/aromatic N) is 4. The normalized spacial score (nSPS) is 9.54. The van der Waals surface area contributed by atoms with Crippen molar-refractivity contribution in [3.8, 4) is 24.3 Å². The third-order valence-electron chi connectivity index (χ3n) is 3.52. The van der Waals surface area contributed by atoms with Crippen molar-refractivity contribution in [1.29, 1.82) is 21.0 Å². The monoisotopic (exact) mass is 468 g/mol. The average molecular weight is 470 g/mol. The Kier molecular flexibility index (Phi) is 8.02. The summed E-state index contributed by atoms with van der Waals surface area (Å²) < 4.78 is 1.53. The highest BCUT2D eigenvalue weighted by atomic mass is 79.9. The van der Waals surface area contributed by atoms with Gasteiger partial charge in [-0.1, -0.05) is 12.1 Å². The molecule has 0 aliphatic heterocycles. The summed E-state index contributed by atoms with van der Waals surface area (Å²) in [5.41, 5.74) is 2.32. The summed E-state index contributed by atoms with van der Waals surface area (Å²) in [5, 5.41) is 34.8. The SMILES string of the molecule is CC(C)(C#N)c1ccc(Br)c(C#N)c1.N#CCc1ccc(Br)c(C#N)c1. The smallest absolute Gasteiger partial charge is 0.100 e. The molecular weight excluding hydrogens is 456 g/mol. The lowest BCUT2D eigenvalue weighted by atomic mass is 9.86. The van der Waals surface area contributed by atoms with Gasteiger partial charge in [0.1, 0.15) is 12.1 Å². The molecule has 2 aromatic carbocycles. The molecule has 0 atom stereocenters. The molecule has 4 nitrogen and oxygen atoms in total. The Morgan fingerprint density at radius 2 is 1.38 bits per heavy atom. The molecule has 0 bridgehead atoms. The van der Waals surface area contributed by atoms with Gasteiger partial charge in [-0.25, -0.2) is 0 Å². The van der Waals surface area contributed by atoms with Gasteiger partial charge in [0.25, 0.3) is 0 Å². The molecule has 0 radical (unpaired) electrons. The Hall–Kier alpha value is -2.64. The molecular formula is C20H14Br2N4. The Morgan fingerprint density at radius 3 is 1.88 bits per heavy atom. The highest BCUT2D eigenvalue weighted by molar-refractivity contribution is 9.10. The number of hydrogen-bond acceptors (Lipinski definition) is 4. The summed E-state index contributed by atoms with van der Waals surface area (Å²) in [5.74, 6) is 0. The standard InChI is InChI=1S/C11H9BrN2.C9H5BrN2/c1-11(2,7-14)9-3-4-10(12)8(5-9)6-13;10-9-2-1-7(3-4-11)5-8(9)6-12/h3-5H,1-2H3;1-2,5H,3H2. The van der Waals surface area contributed by atoms with Gasteiger partial charge >= 0.3 is 0 Å². The van der Waals surface area contributed by atoms with Crippen molar-refractivity contribution in [2.75, 3.05) is 0 Å². The van der Waals surface area contributed by atoms with Crippen molar-refractivity contribution in [2.24, 2.45) is 0 Å². The van der Waals surface area contributed by atoms with Crippen molar-refractivity contribution in [1.82, 2.24) is 0 Å². The number of nitriles is 4. The van der Waals surface area contributed by atoms with Crippen LogP contribution in [0.4, 0.5) is 0 Å². The van der Waals surface area contributed by atoms with Gasteiger partial charge in [0, 0.05) is 8.95 Å². The second-order valence-corrected chi connectivity index (χ2v) is 7.51. The fourth-order valence-corrected chi connectivity index (χ4v) is 2.59. The predicted octanol–water partition coefficient (Wildman–Crippen LogP) is 5.51. The average Bonchev–Trinajstić information content (AvgIpc) is 2.64. The van der Waals surface area contributed by atoms with Crippen molar-refractivity contribution >= 4 is 31.9 Å². The van der Waals surface area contributed by atoms with E-state index < -0.39 is 5.41 Å². The predicted molar refractivity (Wildman–Crippen MR) is 106 cm³/mol. The fraction of sp³-hybridized carbons (Fsp3) is 0.200. The number of benzene rings is 2. The molecule has 2 aromatic rings. The van der Waals surface area contributed by atoms with E-state index >= 15 is 0 Å². The van der Waals surface area contributed by atoms with Crippen LogP contribution in [0.1, 0.15) is 36.1 Å². The second-order valence-electron chi connectivity index (χ2n) is 5.80. The van der Waals surface area contributed by atoms with Crippen molar-refractivity contribution in [3.05, 3.63) is 67.6 Å². The molecule has 0 aliphatic carbocycles. The largest absolute Gasteiger partial charge is 0.198 e. The lowest BCUT2D eigenvalue weighted by Crippen LogP contribution is -2.13. The lowest BCUT2D eigenvalue weighted by molar-refractivity contribution is 0.686. The molecule has 6 heteroatoms. The van der Waals surface area contributed by atoms with Crippen LogP contribution in [0.15, 0.2) is 45.3 Å². The molecule has 128 valence electrons. The van der Waals surface area contributed by atoms with Crippen LogP contribution in [0.3, 0.4) is 0 Å². The first-order valence-electron chi connectivity index (χ1n) is 7.46. The van der Waals surface area contributed by atoms with E-state index in [1.54, 1.807) is 24.3 Å². The Morgan fingerprint density at radius 1 is 0.846 bits per heavy atom. The van der Waals surface area contributed by atoms with E-state index in [-0.39, 0.29) is 0 Å². The third kappa shape index (κ3) is 5.72. The van der Waals surface area contributed by atoms with E-state index in [9.17, 15) is 0 Å². The zero-order valence-corrected chi connectivity index (χ0v) is 17.4. The van der Waals surface area contributed by atoms with Crippen molar-refractivity contribution < 1.29 is 0 Å². The van der Waals surface area contributed by atoms with Gasteiger partial charge < -0.3 is 0 Å². The van der Waals surface area contributed by atoms with Gasteiger partial charge in [-0.15, -0.1) is 0 Å². The quantitative estimate of drug-likeness (QED) is 0.579. The zero-order chi connectivity index (χ0) is 19.7. The summed E-state index contributed by atoms with van der Waals surface area (Å²) in [6.07, 6.45) is 0.349. The maximum atomic E-state index is 8.94. The Balaban J connectivity index is 0.000000263. The van der Waals surface area contributed by atoms with Crippen molar-refractivity contribution in [3.63, 3.8) is 0 Å². The molecule has 0 fully saturated rings. The zero-order valence-electron chi connectivity index (χ0n) is 14.2.